The van der Waals surface area contributed by atoms with Crippen molar-refractivity contribution in [3.8, 4) is 0 Å². The van der Waals surface area contributed by atoms with Crippen LogP contribution in [0.1, 0.15) is 33.1 Å². The quantitative estimate of drug-likeness (QED) is 0.415. The second kappa shape index (κ2) is 6.54. The SMILES string of the molecule is CC(C)CCCCOC1CS(=O)(=O)CC1I. The van der Waals surface area contributed by atoms with Gasteiger partial charge in [-0.15, -0.1) is 0 Å². The van der Waals surface area contributed by atoms with E-state index in [9.17, 15) is 8.42 Å². The number of halogens is 1. The number of alkyl halides is 1. The van der Waals surface area contributed by atoms with Crippen LogP contribution in [-0.4, -0.2) is 36.6 Å². The molecule has 2 unspecified atom stereocenters. The molecule has 1 heterocycles. The van der Waals surface area contributed by atoms with Crippen LogP contribution in [-0.2, 0) is 14.6 Å². The largest absolute Gasteiger partial charge is 0.376 e. The van der Waals surface area contributed by atoms with Crippen molar-refractivity contribution in [2.45, 2.75) is 43.1 Å². The molecule has 1 aliphatic rings. The summed E-state index contributed by atoms with van der Waals surface area (Å²) in [6.45, 7) is 5.13. The number of ether oxygens (including phenoxy) is 1. The summed E-state index contributed by atoms with van der Waals surface area (Å²) in [5.74, 6) is 1.24. The highest BCUT2D eigenvalue weighted by Crippen LogP contribution is 2.23. The highest BCUT2D eigenvalue weighted by Gasteiger charge is 2.36. The lowest BCUT2D eigenvalue weighted by molar-refractivity contribution is 0.0735. The van der Waals surface area contributed by atoms with Crippen molar-refractivity contribution in [2.24, 2.45) is 5.92 Å². The highest BCUT2D eigenvalue weighted by molar-refractivity contribution is 14.1. The molecule has 16 heavy (non-hydrogen) atoms. The lowest BCUT2D eigenvalue weighted by Gasteiger charge is -2.13. The fraction of sp³-hybridized carbons (Fsp3) is 1.00. The molecule has 0 bridgehead atoms. The van der Waals surface area contributed by atoms with E-state index in [2.05, 4.69) is 36.4 Å². The third-order valence-corrected chi connectivity index (χ3v) is 6.29. The molecule has 0 saturated carbocycles. The first-order valence-electron chi connectivity index (χ1n) is 5.87. The number of unbranched alkanes of at least 4 members (excludes halogenated alkanes) is 1. The van der Waals surface area contributed by atoms with Gasteiger partial charge < -0.3 is 4.74 Å². The molecule has 2 atom stereocenters. The summed E-state index contributed by atoms with van der Waals surface area (Å²) in [6, 6.07) is 0. The Balaban J connectivity index is 2.14. The molecule has 1 fully saturated rings. The van der Waals surface area contributed by atoms with Crippen LogP contribution < -0.4 is 0 Å². The zero-order chi connectivity index (χ0) is 12.2. The van der Waals surface area contributed by atoms with Gasteiger partial charge in [-0.3, -0.25) is 0 Å². The smallest absolute Gasteiger partial charge is 0.154 e. The van der Waals surface area contributed by atoms with Gasteiger partial charge in [0.05, 0.1) is 21.5 Å². The Bertz CT molecular complexity index is 300. The van der Waals surface area contributed by atoms with Gasteiger partial charge in [0, 0.05) is 6.61 Å². The average molecular weight is 360 g/mol. The Kier molecular flexibility index (Phi) is 6.01. The van der Waals surface area contributed by atoms with E-state index >= 15 is 0 Å². The van der Waals surface area contributed by atoms with Gasteiger partial charge in [0.2, 0.25) is 0 Å². The van der Waals surface area contributed by atoms with Gasteiger partial charge in [-0.1, -0.05) is 49.3 Å². The van der Waals surface area contributed by atoms with Gasteiger partial charge in [-0.25, -0.2) is 8.42 Å². The molecule has 0 aromatic carbocycles. The van der Waals surface area contributed by atoms with Crippen molar-refractivity contribution in [2.75, 3.05) is 18.1 Å². The molecule has 1 aliphatic heterocycles. The lowest BCUT2D eigenvalue weighted by atomic mass is 10.1. The van der Waals surface area contributed by atoms with Crippen LogP contribution in [0.25, 0.3) is 0 Å². The molecule has 0 spiro atoms. The molecular weight excluding hydrogens is 339 g/mol. The standard InChI is InChI=1S/C11H21IO3S/c1-9(2)5-3-4-6-15-11-8-16(13,14)7-10(11)12/h9-11H,3-8H2,1-2H3. The number of hydrogen-bond acceptors (Lipinski definition) is 3. The second-order valence-corrected chi connectivity index (χ2v) is 8.65. The van der Waals surface area contributed by atoms with Gasteiger partial charge in [0.1, 0.15) is 0 Å². The molecular formula is C11H21IO3S. The van der Waals surface area contributed by atoms with E-state index in [4.69, 9.17) is 4.74 Å². The van der Waals surface area contributed by atoms with Crippen LogP contribution in [0.15, 0.2) is 0 Å². The monoisotopic (exact) mass is 360 g/mol. The molecule has 1 rings (SSSR count). The van der Waals surface area contributed by atoms with Crippen molar-refractivity contribution in [3.63, 3.8) is 0 Å². The fourth-order valence-electron chi connectivity index (χ4n) is 1.81. The van der Waals surface area contributed by atoms with Crippen LogP contribution in [0.3, 0.4) is 0 Å². The molecule has 0 amide bonds. The van der Waals surface area contributed by atoms with Gasteiger partial charge in [0.25, 0.3) is 0 Å². The zero-order valence-corrected chi connectivity index (χ0v) is 13.0. The minimum atomic E-state index is -2.83. The lowest BCUT2D eigenvalue weighted by Crippen LogP contribution is -2.22. The molecule has 0 aromatic heterocycles. The van der Waals surface area contributed by atoms with E-state index in [0.717, 1.165) is 12.3 Å². The Morgan fingerprint density at radius 1 is 1.31 bits per heavy atom. The Morgan fingerprint density at radius 3 is 2.50 bits per heavy atom. The normalized spacial score (nSPS) is 28.8. The maximum Gasteiger partial charge on any atom is 0.154 e. The number of hydrogen-bond donors (Lipinski definition) is 0. The Labute approximate surface area is 112 Å². The van der Waals surface area contributed by atoms with E-state index < -0.39 is 9.84 Å². The van der Waals surface area contributed by atoms with E-state index in [0.29, 0.717) is 6.61 Å². The van der Waals surface area contributed by atoms with Crippen molar-refractivity contribution in [3.05, 3.63) is 0 Å². The Morgan fingerprint density at radius 2 is 2.00 bits per heavy atom. The summed E-state index contributed by atoms with van der Waals surface area (Å²) >= 11 is 2.19. The van der Waals surface area contributed by atoms with E-state index in [1.54, 1.807) is 0 Å². The van der Waals surface area contributed by atoms with Crippen LogP contribution >= 0.6 is 22.6 Å². The minimum Gasteiger partial charge on any atom is -0.376 e. The maximum absolute atomic E-state index is 11.3. The summed E-state index contributed by atoms with van der Waals surface area (Å²) in [4.78, 5) is 0. The predicted octanol–water partition coefficient (Wildman–Crippen LogP) is 2.43. The van der Waals surface area contributed by atoms with Crippen LogP contribution in [0.4, 0.5) is 0 Å². The summed E-state index contributed by atoms with van der Waals surface area (Å²) in [5, 5.41) is 0. The van der Waals surface area contributed by atoms with Crippen molar-refractivity contribution in [1.82, 2.24) is 0 Å². The average Bonchev–Trinajstić information content (AvgIpc) is 2.38. The predicted molar refractivity (Wildman–Crippen MR) is 74.9 cm³/mol. The molecule has 0 aliphatic carbocycles. The van der Waals surface area contributed by atoms with Crippen molar-refractivity contribution >= 4 is 32.4 Å². The van der Waals surface area contributed by atoms with Crippen LogP contribution in [0.5, 0.6) is 0 Å². The van der Waals surface area contributed by atoms with E-state index in [1.807, 2.05) is 0 Å². The molecule has 0 N–H and O–H groups in total. The first kappa shape index (κ1) is 14.7. The first-order valence-corrected chi connectivity index (χ1v) is 8.93. The van der Waals surface area contributed by atoms with Gasteiger partial charge in [0.15, 0.2) is 9.84 Å². The fourth-order valence-corrected chi connectivity index (χ4v) is 5.93. The highest BCUT2D eigenvalue weighted by atomic mass is 127. The summed E-state index contributed by atoms with van der Waals surface area (Å²) in [7, 11) is -2.83. The number of sulfone groups is 1. The minimum absolute atomic E-state index is 0.0790. The molecule has 0 radical (unpaired) electrons. The van der Waals surface area contributed by atoms with E-state index in [-0.39, 0.29) is 21.5 Å². The molecule has 5 heteroatoms. The van der Waals surface area contributed by atoms with Crippen LogP contribution in [0.2, 0.25) is 0 Å². The third kappa shape index (κ3) is 5.31. The number of rotatable bonds is 6. The van der Waals surface area contributed by atoms with E-state index in [1.165, 1.54) is 12.8 Å². The Hall–Kier alpha value is 0.640. The van der Waals surface area contributed by atoms with Gasteiger partial charge in [-0.2, -0.15) is 0 Å². The molecule has 3 nitrogen and oxygen atoms in total. The van der Waals surface area contributed by atoms with Crippen LogP contribution in [0, 0.1) is 5.92 Å². The first-order chi connectivity index (χ1) is 7.41. The van der Waals surface area contributed by atoms with Gasteiger partial charge in [-0.05, 0) is 12.3 Å². The van der Waals surface area contributed by atoms with Crippen molar-refractivity contribution < 1.29 is 13.2 Å². The maximum atomic E-state index is 11.3. The summed E-state index contributed by atoms with van der Waals surface area (Å²) in [6.07, 6.45) is 3.35. The molecule has 96 valence electrons. The topological polar surface area (TPSA) is 43.4 Å². The van der Waals surface area contributed by atoms with Gasteiger partial charge >= 0.3 is 0 Å². The third-order valence-electron chi connectivity index (χ3n) is 2.74. The molecule has 0 aromatic rings. The van der Waals surface area contributed by atoms with Crippen molar-refractivity contribution in [1.29, 1.82) is 0 Å². The summed E-state index contributed by atoms with van der Waals surface area (Å²) < 4.78 is 28.5. The summed E-state index contributed by atoms with van der Waals surface area (Å²) in [5.41, 5.74) is 0. The second-order valence-electron chi connectivity index (χ2n) is 4.89. The molecule has 1 saturated heterocycles. The zero-order valence-electron chi connectivity index (χ0n) is 9.99.